The van der Waals surface area contributed by atoms with Gasteiger partial charge in [0.05, 0.1) is 6.54 Å². The zero-order valence-electron chi connectivity index (χ0n) is 8.72. The molecule has 0 aliphatic rings. The second-order valence-corrected chi connectivity index (χ2v) is 4.47. The van der Waals surface area contributed by atoms with Gasteiger partial charge in [0.25, 0.3) is 0 Å². The Morgan fingerprint density at radius 1 is 1.38 bits per heavy atom. The van der Waals surface area contributed by atoms with Crippen molar-refractivity contribution in [2.45, 2.75) is 13.5 Å². The van der Waals surface area contributed by atoms with Crippen LogP contribution in [-0.2, 0) is 6.54 Å². The van der Waals surface area contributed by atoms with Crippen LogP contribution in [0.15, 0.2) is 40.1 Å². The van der Waals surface area contributed by atoms with Crippen molar-refractivity contribution in [3.05, 3.63) is 56.9 Å². The van der Waals surface area contributed by atoms with Crippen molar-refractivity contribution >= 4 is 15.9 Å². The fourth-order valence-corrected chi connectivity index (χ4v) is 1.83. The molecular weight excluding hydrogens is 270 g/mol. The highest BCUT2D eigenvalue weighted by Crippen LogP contribution is 2.10. The van der Waals surface area contributed by atoms with E-state index in [-0.39, 0.29) is 5.69 Å². The van der Waals surface area contributed by atoms with Crippen LogP contribution in [0.1, 0.15) is 11.1 Å². The van der Waals surface area contributed by atoms with Crippen molar-refractivity contribution in [1.29, 1.82) is 0 Å². The second kappa shape index (κ2) is 4.57. The quantitative estimate of drug-likeness (QED) is 0.842. The molecule has 0 aliphatic heterocycles. The Labute approximate surface area is 101 Å². The molecule has 2 aromatic rings. The van der Waals surface area contributed by atoms with Crippen LogP contribution >= 0.6 is 15.9 Å². The van der Waals surface area contributed by atoms with Gasteiger partial charge in [-0.3, -0.25) is 9.55 Å². The van der Waals surface area contributed by atoms with E-state index >= 15 is 0 Å². The van der Waals surface area contributed by atoms with Crippen LogP contribution in [0.4, 0.5) is 0 Å². The molecule has 0 aromatic carbocycles. The molecule has 0 unspecified atom stereocenters. The summed E-state index contributed by atoms with van der Waals surface area (Å²) in [7, 11) is 0. The molecule has 0 aliphatic carbocycles. The number of nitrogens with zero attached hydrogens (tertiary/aromatic N) is 3. The molecule has 0 atom stereocenters. The van der Waals surface area contributed by atoms with Gasteiger partial charge < -0.3 is 0 Å². The van der Waals surface area contributed by atoms with Crippen LogP contribution in [0, 0.1) is 6.92 Å². The van der Waals surface area contributed by atoms with Gasteiger partial charge in [0.2, 0.25) is 0 Å². The number of rotatable bonds is 2. The van der Waals surface area contributed by atoms with Crippen molar-refractivity contribution < 1.29 is 0 Å². The molecule has 0 saturated heterocycles. The highest BCUT2D eigenvalue weighted by atomic mass is 79.9. The number of hydrogen-bond donors (Lipinski definition) is 0. The SMILES string of the molecule is Cc1cnc(=O)n(Cc2cncc(Br)c2)c1. The lowest BCUT2D eigenvalue weighted by Crippen LogP contribution is -2.22. The first-order chi connectivity index (χ1) is 7.65. The minimum Gasteiger partial charge on any atom is -0.294 e. The monoisotopic (exact) mass is 279 g/mol. The summed E-state index contributed by atoms with van der Waals surface area (Å²) >= 11 is 3.34. The van der Waals surface area contributed by atoms with E-state index in [1.807, 2.05) is 13.0 Å². The van der Waals surface area contributed by atoms with Crippen LogP contribution < -0.4 is 5.69 Å². The summed E-state index contributed by atoms with van der Waals surface area (Å²) in [6, 6.07) is 1.93. The molecule has 5 heteroatoms. The lowest BCUT2D eigenvalue weighted by molar-refractivity contribution is 0.718. The maximum absolute atomic E-state index is 11.5. The van der Waals surface area contributed by atoms with Gasteiger partial charge in [-0.1, -0.05) is 0 Å². The Bertz CT molecular complexity index is 565. The molecule has 0 amide bonds. The summed E-state index contributed by atoms with van der Waals surface area (Å²) in [5.74, 6) is 0. The largest absolute Gasteiger partial charge is 0.347 e. The first-order valence-electron chi connectivity index (χ1n) is 4.77. The van der Waals surface area contributed by atoms with E-state index in [0.717, 1.165) is 15.6 Å². The van der Waals surface area contributed by atoms with Gasteiger partial charge in [0, 0.05) is 29.3 Å². The van der Waals surface area contributed by atoms with Gasteiger partial charge >= 0.3 is 5.69 Å². The van der Waals surface area contributed by atoms with E-state index in [0.29, 0.717) is 6.54 Å². The summed E-state index contributed by atoms with van der Waals surface area (Å²) in [6.45, 7) is 2.39. The zero-order valence-corrected chi connectivity index (χ0v) is 10.3. The number of halogens is 1. The van der Waals surface area contributed by atoms with E-state index in [2.05, 4.69) is 25.9 Å². The maximum Gasteiger partial charge on any atom is 0.347 e. The summed E-state index contributed by atoms with van der Waals surface area (Å²) < 4.78 is 2.47. The van der Waals surface area contributed by atoms with Crippen molar-refractivity contribution in [2.24, 2.45) is 0 Å². The molecule has 0 radical (unpaired) electrons. The Hall–Kier alpha value is -1.49. The van der Waals surface area contributed by atoms with E-state index in [9.17, 15) is 4.79 Å². The Morgan fingerprint density at radius 2 is 2.19 bits per heavy atom. The lowest BCUT2D eigenvalue weighted by atomic mass is 10.3. The van der Waals surface area contributed by atoms with Crippen LogP contribution in [0.2, 0.25) is 0 Å². The van der Waals surface area contributed by atoms with Gasteiger partial charge in [0.15, 0.2) is 0 Å². The fraction of sp³-hybridized carbons (Fsp3) is 0.182. The van der Waals surface area contributed by atoms with E-state index in [1.165, 1.54) is 0 Å². The van der Waals surface area contributed by atoms with Crippen LogP contribution in [-0.4, -0.2) is 14.5 Å². The Kier molecular flexibility index (Phi) is 3.14. The summed E-state index contributed by atoms with van der Waals surface area (Å²) in [6.07, 6.45) is 6.80. The molecule has 82 valence electrons. The van der Waals surface area contributed by atoms with E-state index in [4.69, 9.17) is 0 Å². The molecule has 2 heterocycles. The number of hydrogen-bond acceptors (Lipinski definition) is 3. The predicted molar refractivity (Wildman–Crippen MR) is 64.3 cm³/mol. The topological polar surface area (TPSA) is 47.8 Å². The fourth-order valence-electron chi connectivity index (χ4n) is 1.42. The van der Waals surface area contributed by atoms with Crippen LogP contribution in [0.25, 0.3) is 0 Å². The molecule has 0 spiro atoms. The highest BCUT2D eigenvalue weighted by Gasteiger charge is 2.00. The predicted octanol–water partition coefficient (Wildman–Crippen LogP) is 1.76. The molecule has 0 saturated carbocycles. The molecule has 2 aromatic heterocycles. The van der Waals surface area contributed by atoms with Gasteiger partial charge in [-0.15, -0.1) is 0 Å². The summed E-state index contributed by atoms with van der Waals surface area (Å²) in [5.41, 5.74) is 1.68. The van der Waals surface area contributed by atoms with Crippen molar-refractivity contribution in [3.8, 4) is 0 Å². The van der Waals surface area contributed by atoms with Gasteiger partial charge in [-0.25, -0.2) is 9.78 Å². The zero-order chi connectivity index (χ0) is 11.5. The normalized spacial score (nSPS) is 10.4. The Balaban J connectivity index is 2.34. The number of aryl methyl sites for hydroxylation is 1. The van der Waals surface area contributed by atoms with E-state index in [1.54, 1.807) is 29.4 Å². The highest BCUT2D eigenvalue weighted by molar-refractivity contribution is 9.10. The third-order valence-corrected chi connectivity index (χ3v) is 2.53. The summed E-state index contributed by atoms with van der Waals surface area (Å²) in [4.78, 5) is 19.3. The van der Waals surface area contributed by atoms with Crippen LogP contribution in [0.5, 0.6) is 0 Å². The molecule has 4 nitrogen and oxygen atoms in total. The van der Waals surface area contributed by atoms with E-state index < -0.39 is 0 Å². The first-order valence-corrected chi connectivity index (χ1v) is 5.57. The average Bonchev–Trinajstić information content (AvgIpc) is 2.24. The minimum absolute atomic E-state index is 0.245. The first kappa shape index (κ1) is 11.0. The average molecular weight is 280 g/mol. The van der Waals surface area contributed by atoms with Crippen LogP contribution in [0.3, 0.4) is 0 Å². The van der Waals surface area contributed by atoms with Crippen molar-refractivity contribution in [3.63, 3.8) is 0 Å². The molecule has 0 N–H and O–H groups in total. The maximum atomic E-state index is 11.5. The number of aromatic nitrogens is 3. The molecule has 0 bridgehead atoms. The smallest absolute Gasteiger partial charge is 0.294 e. The van der Waals surface area contributed by atoms with Gasteiger partial charge in [-0.2, -0.15) is 0 Å². The summed E-state index contributed by atoms with van der Waals surface area (Å²) in [5, 5.41) is 0. The minimum atomic E-state index is -0.245. The van der Waals surface area contributed by atoms with Crippen molar-refractivity contribution in [2.75, 3.05) is 0 Å². The molecular formula is C11H10BrN3O. The van der Waals surface area contributed by atoms with Crippen molar-refractivity contribution in [1.82, 2.24) is 14.5 Å². The van der Waals surface area contributed by atoms with Gasteiger partial charge in [-0.05, 0) is 40.0 Å². The molecule has 2 rings (SSSR count). The Morgan fingerprint density at radius 3 is 2.94 bits per heavy atom. The molecule has 0 fully saturated rings. The third kappa shape index (κ3) is 2.55. The second-order valence-electron chi connectivity index (χ2n) is 3.55. The lowest BCUT2D eigenvalue weighted by Gasteiger charge is -2.05. The number of pyridine rings is 1. The third-order valence-electron chi connectivity index (χ3n) is 2.10. The van der Waals surface area contributed by atoms with Gasteiger partial charge in [0.1, 0.15) is 0 Å². The standard InChI is InChI=1S/C11H10BrN3O/c1-8-3-14-11(16)15(6-8)7-9-2-10(12)5-13-4-9/h2-6H,7H2,1H3. The molecule has 16 heavy (non-hydrogen) atoms.